The highest BCUT2D eigenvalue weighted by atomic mass is 16.5. The monoisotopic (exact) mass is 651 g/mol. The lowest BCUT2D eigenvalue weighted by Crippen LogP contribution is -2.18. The molecule has 0 radical (unpaired) electrons. The lowest BCUT2D eigenvalue weighted by molar-refractivity contribution is -0.144. The minimum absolute atomic E-state index is 0.0464. The van der Waals surface area contributed by atoms with Crippen LogP contribution < -0.4 is 0 Å². The molecule has 274 valence electrons. The first-order valence-corrected chi connectivity index (χ1v) is 20.9. The second-order valence-electron chi connectivity index (χ2n) is 14.3. The Morgan fingerprint density at radius 3 is 1.07 bits per heavy atom. The standard InChI is InChI=1S/C42H82O4/c1-5-9-10-11-12-13-14-16-19-22-25-28-31-34-39(6-2)40(36-38-46-42(44)8-4)35-32-29-26-23-20-17-15-18-21-24-27-30-33-37-45-41(43)7-3/h39-40H,5-38H2,1-4H3. The smallest absolute Gasteiger partial charge is 0.305 e. The number of hydrogen-bond acceptors (Lipinski definition) is 4. The van der Waals surface area contributed by atoms with E-state index in [1.54, 1.807) is 0 Å². The molecular formula is C42H82O4. The van der Waals surface area contributed by atoms with Crippen molar-refractivity contribution in [2.45, 2.75) is 233 Å². The van der Waals surface area contributed by atoms with E-state index in [0.717, 1.165) is 18.8 Å². The summed E-state index contributed by atoms with van der Waals surface area (Å²) >= 11 is 0. The van der Waals surface area contributed by atoms with Crippen molar-refractivity contribution in [1.29, 1.82) is 0 Å². The number of hydrogen-bond donors (Lipinski definition) is 0. The van der Waals surface area contributed by atoms with Crippen LogP contribution in [0, 0.1) is 11.8 Å². The highest BCUT2D eigenvalue weighted by Crippen LogP contribution is 2.30. The maximum atomic E-state index is 11.7. The Labute approximate surface area is 288 Å². The van der Waals surface area contributed by atoms with Crippen molar-refractivity contribution < 1.29 is 19.1 Å². The molecule has 2 atom stereocenters. The molecule has 0 heterocycles. The normalized spacial score (nSPS) is 12.7. The van der Waals surface area contributed by atoms with Gasteiger partial charge in [0, 0.05) is 12.8 Å². The van der Waals surface area contributed by atoms with Gasteiger partial charge in [-0.05, 0) is 24.7 Å². The van der Waals surface area contributed by atoms with Gasteiger partial charge < -0.3 is 9.47 Å². The van der Waals surface area contributed by atoms with E-state index in [0.29, 0.717) is 32.0 Å². The molecule has 0 N–H and O–H groups in total. The van der Waals surface area contributed by atoms with Crippen LogP contribution in [-0.4, -0.2) is 25.2 Å². The summed E-state index contributed by atoms with van der Waals surface area (Å²) in [5.41, 5.74) is 0. The minimum Gasteiger partial charge on any atom is -0.466 e. The summed E-state index contributed by atoms with van der Waals surface area (Å²) in [6.45, 7) is 9.62. The van der Waals surface area contributed by atoms with Gasteiger partial charge in [-0.15, -0.1) is 0 Å². The van der Waals surface area contributed by atoms with Crippen LogP contribution in [0.4, 0.5) is 0 Å². The van der Waals surface area contributed by atoms with E-state index in [1.165, 1.54) is 180 Å². The molecular weight excluding hydrogens is 568 g/mol. The molecule has 0 aromatic heterocycles. The molecule has 4 nitrogen and oxygen atoms in total. The molecule has 0 spiro atoms. The first kappa shape index (κ1) is 44.9. The number of carbonyl (C=O) groups excluding carboxylic acids is 2. The molecule has 0 fully saturated rings. The Bertz CT molecular complexity index is 633. The third-order valence-electron chi connectivity index (χ3n) is 10.2. The third-order valence-corrected chi connectivity index (χ3v) is 10.2. The van der Waals surface area contributed by atoms with Crippen molar-refractivity contribution >= 4 is 11.9 Å². The van der Waals surface area contributed by atoms with Crippen LogP contribution >= 0.6 is 0 Å². The van der Waals surface area contributed by atoms with Gasteiger partial charge in [-0.25, -0.2) is 0 Å². The first-order valence-electron chi connectivity index (χ1n) is 20.9. The summed E-state index contributed by atoms with van der Waals surface area (Å²) in [6.07, 6.45) is 41.5. The molecule has 0 amide bonds. The number of esters is 2. The Morgan fingerprint density at radius 1 is 0.370 bits per heavy atom. The lowest BCUT2D eigenvalue weighted by atomic mass is 9.80. The van der Waals surface area contributed by atoms with Gasteiger partial charge in [-0.3, -0.25) is 9.59 Å². The van der Waals surface area contributed by atoms with E-state index < -0.39 is 0 Å². The molecule has 0 aliphatic heterocycles. The number of carbonyl (C=O) groups is 2. The molecule has 4 heteroatoms. The highest BCUT2D eigenvalue weighted by Gasteiger charge is 2.20. The van der Waals surface area contributed by atoms with Gasteiger partial charge in [0.15, 0.2) is 0 Å². The van der Waals surface area contributed by atoms with E-state index in [9.17, 15) is 9.59 Å². The van der Waals surface area contributed by atoms with Gasteiger partial charge >= 0.3 is 11.9 Å². The van der Waals surface area contributed by atoms with Gasteiger partial charge in [0.2, 0.25) is 0 Å². The summed E-state index contributed by atoms with van der Waals surface area (Å²) in [4.78, 5) is 22.9. The molecule has 0 saturated heterocycles. The zero-order valence-electron chi connectivity index (χ0n) is 31.8. The molecule has 2 unspecified atom stereocenters. The summed E-state index contributed by atoms with van der Waals surface area (Å²) in [6, 6.07) is 0. The molecule has 0 aliphatic carbocycles. The van der Waals surface area contributed by atoms with Crippen molar-refractivity contribution in [1.82, 2.24) is 0 Å². The second-order valence-corrected chi connectivity index (χ2v) is 14.3. The van der Waals surface area contributed by atoms with E-state index in [-0.39, 0.29) is 11.9 Å². The van der Waals surface area contributed by atoms with Gasteiger partial charge in [-0.1, -0.05) is 207 Å². The largest absolute Gasteiger partial charge is 0.466 e. The number of unbranched alkanes of at least 4 members (excludes halogenated alkanes) is 24. The predicted molar refractivity (Wildman–Crippen MR) is 199 cm³/mol. The molecule has 0 rings (SSSR count). The van der Waals surface area contributed by atoms with Crippen molar-refractivity contribution in [3.05, 3.63) is 0 Å². The van der Waals surface area contributed by atoms with E-state index in [1.807, 2.05) is 13.8 Å². The lowest BCUT2D eigenvalue weighted by Gasteiger charge is -2.26. The average Bonchev–Trinajstić information content (AvgIpc) is 3.07. The van der Waals surface area contributed by atoms with Crippen LogP contribution in [0.1, 0.15) is 233 Å². The van der Waals surface area contributed by atoms with Crippen LogP contribution in [0.15, 0.2) is 0 Å². The van der Waals surface area contributed by atoms with Gasteiger partial charge in [0.05, 0.1) is 13.2 Å². The molecule has 0 bridgehead atoms. The topological polar surface area (TPSA) is 52.6 Å². The molecule has 0 aromatic rings. The molecule has 46 heavy (non-hydrogen) atoms. The van der Waals surface area contributed by atoms with Crippen LogP contribution in [-0.2, 0) is 19.1 Å². The van der Waals surface area contributed by atoms with Gasteiger partial charge in [0.1, 0.15) is 0 Å². The van der Waals surface area contributed by atoms with Crippen LogP contribution in [0.2, 0.25) is 0 Å². The maximum absolute atomic E-state index is 11.7. The van der Waals surface area contributed by atoms with Crippen molar-refractivity contribution in [3.8, 4) is 0 Å². The van der Waals surface area contributed by atoms with Gasteiger partial charge in [-0.2, -0.15) is 0 Å². The summed E-state index contributed by atoms with van der Waals surface area (Å²) < 4.78 is 10.7. The molecule has 0 saturated carbocycles. The molecule has 0 aromatic carbocycles. The van der Waals surface area contributed by atoms with Crippen molar-refractivity contribution in [2.24, 2.45) is 11.8 Å². The van der Waals surface area contributed by atoms with E-state index in [2.05, 4.69) is 13.8 Å². The van der Waals surface area contributed by atoms with Crippen LogP contribution in [0.25, 0.3) is 0 Å². The SMILES string of the molecule is CCCCCCCCCCCCCCCC(CC)C(CCCCCCCCCCCCCCCOC(=O)CC)CCOC(=O)CC. The van der Waals surface area contributed by atoms with Gasteiger partial charge in [0.25, 0.3) is 0 Å². The quantitative estimate of drug-likeness (QED) is 0.0496. The summed E-state index contributed by atoms with van der Waals surface area (Å²) in [5.74, 6) is 1.37. The zero-order valence-corrected chi connectivity index (χ0v) is 31.8. The second kappa shape index (κ2) is 36.8. The van der Waals surface area contributed by atoms with E-state index in [4.69, 9.17) is 9.47 Å². The Hall–Kier alpha value is -1.06. The fourth-order valence-electron chi connectivity index (χ4n) is 6.98. The Kier molecular flexibility index (Phi) is 35.9. The third kappa shape index (κ3) is 31.5. The highest BCUT2D eigenvalue weighted by molar-refractivity contribution is 5.69. The van der Waals surface area contributed by atoms with Crippen molar-refractivity contribution in [3.63, 3.8) is 0 Å². The predicted octanol–water partition coefficient (Wildman–Crippen LogP) is 13.9. The Morgan fingerprint density at radius 2 is 0.696 bits per heavy atom. The maximum Gasteiger partial charge on any atom is 0.305 e. The number of ether oxygens (including phenoxy) is 2. The Balaban J connectivity index is 3.96. The average molecular weight is 651 g/mol. The number of rotatable bonds is 37. The van der Waals surface area contributed by atoms with E-state index >= 15 is 0 Å². The van der Waals surface area contributed by atoms with Crippen molar-refractivity contribution in [2.75, 3.05) is 13.2 Å². The fourth-order valence-corrected chi connectivity index (χ4v) is 6.98. The summed E-state index contributed by atoms with van der Waals surface area (Å²) in [5, 5.41) is 0. The van der Waals surface area contributed by atoms with Crippen LogP contribution in [0.3, 0.4) is 0 Å². The fraction of sp³-hybridized carbons (Fsp3) is 0.952. The van der Waals surface area contributed by atoms with Crippen LogP contribution in [0.5, 0.6) is 0 Å². The minimum atomic E-state index is -0.0728. The molecule has 0 aliphatic rings. The zero-order chi connectivity index (χ0) is 33.8. The first-order chi connectivity index (χ1) is 22.6. The summed E-state index contributed by atoms with van der Waals surface area (Å²) in [7, 11) is 0.